The number of anilines is 1. The van der Waals surface area contributed by atoms with Crippen LogP contribution in [0.5, 0.6) is 0 Å². The Balaban J connectivity index is 1.71. The van der Waals surface area contributed by atoms with E-state index in [1.165, 1.54) is 23.9 Å². The molecule has 2 aliphatic rings. The molecule has 2 aliphatic heterocycles. The Morgan fingerprint density at radius 1 is 1.16 bits per heavy atom. The molecular formula is C24H27FN2O3S. The summed E-state index contributed by atoms with van der Waals surface area (Å²) >= 11 is 1.51. The van der Waals surface area contributed by atoms with Gasteiger partial charge in [-0.15, -0.1) is 11.8 Å². The number of carboxylic acid groups (broad SMARTS) is 1. The van der Waals surface area contributed by atoms with Gasteiger partial charge in [0, 0.05) is 5.69 Å². The maximum Gasteiger partial charge on any atom is 0.335 e. The predicted molar refractivity (Wildman–Crippen MR) is 121 cm³/mol. The number of hydrogen-bond donors (Lipinski definition) is 1. The molecule has 5 nitrogen and oxygen atoms in total. The van der Waals surface area contributed by atoms with E-state index in [-0.39, 0.29) is 17.1 Å². The number of hydrogen-bond acceptors (Lipinski definition) is 4. The maximum absolute atomic E-state index is 13.4. The molecule has 0 aromatic heterocycles. The van der Waals surface area contributed by atoms with Crippen LogP contribution < -0.4 is 4.90 Å². The Hall–Kier alpha value is -2.38. The van der Waals surface area contributed by atoms with E-state index in [1.54, 1.807) is 29.2 Å². The maximum atomic E-state index is 13.4. The number of carboxylic acids is 1. The highest BCUT2D eigenvalue weighted by atomic mass is 32.2. The Morgan fingerprint density at radius 3 is 2.48 bits per heavy atom. The van der Waals surface area contributed by atoms with E-state index in [9.17, 15) is 19.1 Å². The van der Waals surface area contributed by atoms with Gasteiger partial charge in [-0.1, -0.05) is 12.1 Å². The van der Waals surface area contributed by atoms with Gasteiger partial charge in [-0.25, -0.2) is 9.18 Å². The molecule has 31 heavy (non-hydrogen) atoms. The third-order valence-electron chi connectivity index (χ3n) is 6.41. The van der Waals surface area contributed by atoms with Crippen LogP contribution in [0.3, 0.4) is 0 Å². The molecule has 1 atom stereocenters. The minimum absolute atomic E-state index is 0.0178. The van der Waals surface area contributed by atoms with Crippen LogP contribution in [0, 0.1) is 18.7 Å². The Bertz CT molecular complexity index is 987. The second-order valence-corrected chi connectivity index (χ2v) is 9.54. The number of carbonyl (C=O) groups excluding carboxylic acids is 1. The zero-order valence-electron chi connectivity index (χ0n) is 17.8. The molecule has 0 aliphatic carbocycles. The number of likely N-dealkylation sites (tertiary alicyclic amines) is 1. The van der Waals surface area contributed by atoms with Crippen molar-refractivity contribution >= 4 is 29.3 Å². The van der Waals surface area contributed by atoms with E-state index in [2.05, 4.69) is 11.9 Å². The van der Waals surface area contributed by atoms with Crippen LogP contribution >= 0.6 is 11.8 Å². The Kier molecular flexibility index (Phi) is 6.34. The predicted octanol–water partition coefficient (Wildman–Crippen LogP) is 4.50. The lowest BCUT2D eigenvalue weighted by Gasteiger charge is -2.31. The first kappa shape index (κ1) is 21.8. The van der Waals surface area contributed by atoms with Crippen molar-refractivity contribution in [3.63, 3.8) is 0 Å². The first-order valence-corrected chi connectivity index (χ1v) is 11.6. The number of carbonyl (C=O) groups is 2. The molecule has 2 fully saturated rings. The second-order valence-electron chi connectivity index (χ2n) is 8.47. The molecule has 2 saturated heterocycles. The fourth-order valence-electron chi connectivity index (χ4n) is 4.58. The van der Waals surface area contributed by atoms with E-state index in [4.69, 9.17) is 0 Å². The highest BCUT2D eigenvalue weighted by molar-refractivity contribution is 8.00. The summed E-state index contributed by atoms with van der Waals surface area (Å²) in [5, 5.41) is 9.55. The highest BCUT2D eigenvalue weighted by Crippen LogP contribution is 2.44. The molecule has 1 unspecified atom stereocenters. The molecule has 2 aromatic carbocycles. The fraction of sp³-hybridized carbons (Fsp3) is 0.417. The molecule has 1 amide bonds. The van der Waals surface area contributed by atoms with Crippen molar-refractivity contribution in [2.75, 3.05) is 30.8 Å². The third-order valence-corrected chi connectivity index (χ3v) is 7.63. The van der Waals surface area contributed by atoms with Gasteiger partial charge in [-0.3, -0.25) is 9.69 Å². The quantitative estimate of drug-likeness (QED) is 0.739. The van der Waals surface area contributed by atoms with E-state index < -0.39 is 5.97 Å². The summed E-state index contributed by atoms with van der Waals surface area (Å²) in [6.07, 6.45) is 2.78. The van der Waals surface area contributed by atoms with Gasteiger partial charge >= 0.3 is 5.97 Å². The number of thioether (sulfide) groups is 1. The highest BCUT2D eigenvalue weighted by Gasteiger charge is 2.36. The molecule has 1 N–H and O–H groups in total. The Morgan fingerprint density at radius 2 is 1.84 bits per heavy atom. The summed E-state index contributed by atoms with van der Waals surface area (Å²) in [7, 11) is 2.11. The van der Waals surface area contributed by atoms with Crippen molar-refractivity contribution in [3.05, 3.63) is 64.5 Å². The zero-order valence-corrected chi connectivity index (χ0v) is 18.6. The average molecular weight is 443 g/mol. The van der Waals surface area contributed by atoms with Crippen molar-refractivity contribution < 1.29 is 19.1 Å². The van der Waals surface area contributed by atoms with Gasteiger partial charge < -0.3 is 10.0 Å². The topological polar surface area (TPSA) is 60.9 Å². The van der Waals surface area contributed by atoms with Gasteiger partial charge in [0.2, 0.25) is 5.91 Å². The third kappa shape index (κ3) is 4.48. The van der Waals surface area contributed by atoms with E-state index in [1.807, 2.05) is 6.92 Å². The van der Waals surface area contributed by atoms with Crippen molar-refractivity contribution in [2.45, 2.75) is 31.6 Å². The second kappa shape index (κ2) is 9.01. The number of halogens is 1. The van der Waals surface area contributed by atoms with Crippen LogP contribution in [0.15, 0.2) is 36.4 Å². The summed E-state index contributed by atoms with van der Waals surface area (Å²) in [6.45, 7) is 3.95. The van der Waals surface area contributed by atoms with Gasteiger partial charge in [-0.2, -0.15) is 0 Å². The summed E-state index contributed by atoms with van der Waals surface area (Å²) < 4.78 is 13.4. The van der Waals surface area contributed by atoms with E-state index in [0.717, 1.165) is 48.3 Å². The minimum Gasteiger partial charge on any atom is -0.478 e. The van der Waals surface area contributed by atoms with Gasteiger partial charge in [0.05, 0.1) is 11.3 Å². The molecule has 7 heteroatoms. The minimum atomic E-state index is -0.935. The van der Waals surface area contributed by atoms with Crippen LogP contribution in [0.1, 0.15) is 45.3 Å². The molecule has 2 aromatic rings. The van der Waals surface area contributed by atoms with Crippen LogP contribution in [0.25, 0.3) is 0 Å². The van der Waals surface area contributed by atoms with Gasteiger partial charge in [0.15, 0.2) is 0 Å². The molecular weight excluding hydrogens is 415 g/mol. The number of benzene rings is 2. The smallest absolute Gasteiger partial charge is 0.335 e. The van der Waals surface area contributed by atoms with Crippen molar-refractivity contribution in [1.29, 1.82) is 0 Å². The number of rotatable bonds is 5. The standard InChI is InChI=1S/C24H27FN2O3S/c1-15-20(13-16-9-11-26(2)12-10-16)19(24(29)30)7-8-21(15)27-22(28)14-31-23(27)17-3-5-18(25)6-4-17/h3-8,16,23H,9-14H2,1-2H3,(H,29,30). The first-order valence-electron chi connectivity index (χ1n) is 10.6. The normalized spacial score (nSPS) is 20.4. The summed E-state index contributed by atoms with van der Waals surface area (Å²) in [4.78, 5) is 28.8. The van der Waals surface area contributed by atoms with Crippen molar-refractivity contribution in [2.24, 2.45) is 5.92 Å². The van der Waals surface area contributed by atoms with Crippen LogP contribution in [-0.4, -0.2) is 47.8 Å². The first-order chi connectivity index (χ1) is 14.8. The lowest BCUT2D eigenvalue weighted by atomic mass is 9.86. The van der Waals surface area contributed by atoms with E-state index in [0.29, 0.717) is 23.7 Å². The Labute approximate surface area is 186 Å². The largest absolute Gasteiger partial charge is 0.478 e. The molecule has 0 saturated carbocycles. The van der Waals surface area contributed by atoms with E-state index >= 15 is 0 Å². The molecule has 4 rings (SSSR count). The molecule has 0 bridgehead atoms. The van der Waals surface area contributed by atoms with Crippen molar-refractivity contribution in [3.8, 4) is 0 Å². The average Bonchev–Trinajstić information content (AvgIpc) is 3.12. The van der Waals surface area contributed by atoms with Crippen LogP contribution in [0.4, 0.5) is 10.1 Å². The zero-order chi connectivity index (χ0) is 22.1. The van der Waals surface area contributed by atoms with Gasteiger partial charge in [0.1, 0.15) is 11.2 Å². The van der Waals surface area contributed by atoms with Crippen LogP contribution in [-0.2, 0) is 11.2 Å². The van der Waals surface area contributed by atoms with Crippen molar-refractivity contribution in [1.82, 2.24) is 4.90 Å². The fourth-order valence-corrected chi connectivity index (χ4v) is 5.75. The lowest BCUT2D eigenvalue weighted by Crippen LogP contribution is -2.32. The number of aromatic carboxylic acids is 1. The van der Waals surface area contributed by atoms with Gasteiger partial charge in [0.25, 0.3) is 0 Å². The number of piperidine rings is 1. The lowest BCUT2D eigenvalue weighted by molar-refractivity contribution is -0.115. The monoisotopic (exact) mass is 442 g/mol. The SMILES string of the molecule is Cc1c(N2C(=O)CSC2c2ccc(F)cc2)ccc(C(=O)O)c1CC1CCN(C)CC1. The van der Waals surface area contributed by atoms with Gasteiger partial charge in [-0.05, 0) is 93.2 Å². The summed E-state index contributed by atoms with van der Waals surface area (Å²) in [5.41, 5.74) is 3.59. The molecule has 164 valence electrons. The molecule has 0 spiro atoms. The summed E-state index contributed by atoms with van der Waals surface area (Å²) in [5.74, 6) is -0.496. The van der Waals surface area contributed by atoms with Crippen LogP contribution in [0.2, 0.25) is 0 Å². The summed E-state index contributed by atoms with van der Waals surface area (Å²) in [6, 6.07) is 9.60. The number of nitrogens with zero attached hydrogens (tertiary/aromatic N) is 2. The number of amides is 1. The molecule has 0 radical (unpaired) electrons. The molecule has 2 heterocycles.